The van der Waals surface area contributed by atoms with Gasteiger partial charge in [-0.15, -0.1) is 0 Å². The Morgan fingerprint density at radius 1 is 1.14 bits per heavy atom. The third-order valence-electron chi connectivity index (χ3n) is 5.39. The van der Waals surface area contributed by atoms with Gasteiger partial charge in [0, 0.05) is 37.3 Å². The van der Waals surface area contributed by atoms with Crippen LogP contribution in [0.25, 0.3) is 11.3 Å². The first-order chi connectivity index (χ1) is 13.6. The first kappa shape index (κ1) is 18.4. The van der Waals surface area contributed by atoms with Crippen molar-refractivity contribution in [2.45, 2.75) is 20.4 Å². The number of aromatic nitrogens is 2. The van der Waals surface area contributed by atoms with E-state index in [9.17, 15) is 4.79 Å². The summed E-state index contributed by atoms with van der Waals surface area (Å²) < 4.78 is 1.86. The second-order valence-electron chi connectivity index (χ2n) is 7.61. The number of benzene rings is 2. The van der Waals surface area contributed by atoms with E-state index in [4.69, 9.17) is 5.10 Å². The fourth-order valence-electron chi connectivity index (χ4n) is 3.37. The molecule has 2 heterocycles. The molecule has 2 aromatic carbocycles. The Bertz CT molecular complexity index is 974. The summed E-state index contributed by atoms with van der Waals surface area (Å²) in [6, 6.07) is 16.4. The number of nitrogens with one attached hydrogen (secondary N) is 2. The van der Waals surface area contributed by atoms with Crippen molar-refractivity contribution in [2.75, 3.05) is 19.6 Å². The van der Waals surface area contributed by atoms with E-state index in [-0.39, 0.29) is 5.91 Å². The molecule has 0 saturated carbocycles. The van der Waals surface area contributed by atoms with Crippen LogP contribution in [0.2, 0.25) is 0 Å². The predicted molar refractivity (Wildman–Crippen MR) is 111 cm³/mol. The summed E-state index contributed by atoms with van der Waals surface area (Å²) in [5, 5.41) is 11.1. The summed E-state index contributed by atoms with van der Waals surface area (Å²) in [6.07, 6.45) is 1.87. The Labute approximate surface area is 165 Å². The van der Waals surface area contributed by atoms with E-state index in [2.05, 4.69) is 48.7 Å². The molecule has 1 amide bonds. The van der Waals surface area contributed by atoms with Crippen LogP contribution in [0.15, 0.2) is 54.7 Å². The zero-order valence-electron chi connectivity index (χ0n) is 16.4. The van der Waals surface area contributed by atoms with Gasteiger partial charge in [-0.1, -0.05) is 42.5 Å². The average molecular weight is 374 g/mol. The standard InChI is InChI=1S/C23H26N4O/c1-16-8-9-20(10-17(16)2)22-21(23(28)25-13-19-11-24-12-19)15-27(26-22)14-18-6-4-3-5-7-18/h3-10,15,19,24H,11-14H2,1-2H3,(H,25,28). The summed E-state index contributed by atoms with van der Waals surface area (Å²) in [4.78, 5) is 12.9. The predicted octanol–water partition coefficient (Wildman–Crippen LogP) is 3.16. The quantitative estimate of drug-likeness (QED) is 0.697. The van der Waals surface area contributed by atoms with Gasteiger partial charge in [-0.3, -0.25) is 9.48 Å². The Morgan fingerprint density at radius 2 is 1.93 bits per heavy atom. The smallest absolute Gasteiger partial charge is 0.255 e. The number of carbonyl (C=O) groups excluding carboxylic acids is 1. The minimum atomic E-state index is -0.0561. The molecule has 1 aliphatic heterocycles. The molecule has 1 aliphatic rings. The summed E-state index contributed by atoms with van der Waals surface area (Å²) >= 11 is 0. The number of nitrogens with zero attached hydrogens (tertiary/aromatic N) is 2. The molecule has 5 nitrogen and oxygen atoms in total. The number of aryl methyl sites for hydroxylation is 2. The van der Waals surface area contributed by atoms with Crippen LogP contribution in [0.5, 0.6) is 0 Å². The molecule has 0 spiro atoms. The third-order valence-corrected chi connectivity index (χ3v) is 5.39. The Morgan fingerprint density at radius 3 is 2.61 bits per heavy atom. The molecular weight excluding hydrogens is 348 g/mol. The molecule has 0 atom stereocenters. The van der Waals surface area contributed by atoms with Crippen LogP contribution in [-0.2, 0) is 6.54 Å². The van der Waals surface area contributed by atoms with Crippen molar-refractivity contribution in [1.82, 2.24) is 20.4 Å². The van der Waals surface area contributed by atoms with E-state index in [1.807, 2.05) is 35.1 Å². The second-order valence-corrected chi connectivity index (χ2v) is 7.61. The van der Waals surface area contributed by atoms with Gasteiger partial charge in [0.1, 0.15) is 5.69 Å². The fraction of sp³-hybridized carbons (Fsp3) is 0.304. The van der Waals surface area contributed by atoms with Crippen LogP contribution in [0, 0.1) is 19.8 Å². The van der Waals surface area contributed by atoms with E-state index in [1.54, 1.807) is 0 Å². The Kier molecular flexibility index (Phi) is 5.26. The Balaban J connectivity index is 1.64. The minimum absolute atomic E-state index is 0.0561. The molecule has 28 heavy (non-hydrogen) atoms. The summed E-state index contributed by atoms with van der Waals surface area (Å²) in [7, 11) is 0. The third kappa shape index (κ3) is 3.99. The van der Waals surface area contributed by atoms with Crippen molar-refractivity contribution in [2.24, 2.45) is 5.92 Å². The average Bonchev–Trinajstić information content (AvgIpc) is 3.07. The highest BCUT2D eigenvalue weighted by Crippen LogP contribution is 2.25. The maximum Gasteiger partial charge on any atom is 0.255 e. The molecule has 4 rings (SSSR count). The van der Waals surface area contributed by atoms with Gasteiger partial charge < -0.3 is 10.6 Å². The summed E-state index contributed by atoms with van der Waals surface area (Å²) in [5.74, 6) is 0.466. The van der Waals surface area contributed by atoms with Crippen LogP contribution < -0.4 is 10.6 Å². The van der Waals surface area contributed by atoms with Crippen molar-refractivity contribution in [3.63, 3.8) is 0 Å². The molecule has 144 valence electrons. The Hall–Kier alpha value is -2.92. The molecular formula is C23H26N4O. The van der Waals surface area contributed by atoms with Gasteiger partial charge in [-0.2, -0.15) is 5.10 Å². The summed E-state index contributed by atoms with van der Waals surface area (Å²) in [5.41, 5.74) is 5.93. The van der Waals surface area contributed by atoms with E-state index in [0.717, 1.165) is 29.9 Å². The number of hydrogen-bond donors (Lipinski definition) is 2. The van der Waals surface area contributed by atoms with Crippen LogP contribution in [0.3, 0.4) is 0 Å². The van der Waals surface area contributed by atoms with Crippen molar-refractivity contribution in [3.8, 4) is 11.3 Å². The van der Waals surface area contributed by atoms with Gasteiger partial charge in [0.05, 0.1) is 12.1 Å². The van der Waals surface area contributed by atoms with Crippen molar-refractivity contribution in [3.05, 3.63) is 77.0 Å². The van der Waals surface area contributed by atoms with Crippen LogP contribution in [0.4, 0.5) is 0 Å². The summed E-state index contributed by atoms with van der Waals surface area (Å²) in [6.45, 7) is 7.45. The highest BCUT2D eigenvalue weighted by atomic mass is 16.1. The molecule has 0 aliphatic carbocycles. The molecule has 0 bridgehead atoms. The fourth-order valence-corrected chi connectivity index (χ4v) is 3.37. The minimum Gasteiger partial charge on any atom is -0.352 e. The van der Waals surface area contributed by atoms with Crippen molar-refractivity contribution < 1.29 is 4.79 Å². The maximum absolute atomic E-state index is 12.9. The molecule has 3 aromatic rings. The van der Waals surface area contributed by atoms with Gasteiger partial charge in [0.25, 0.3) is 5.91 Å². The normalized spacial score (nSPS) is 13.9. The number of carbonyl (C=O) groups is 1. The van der Waals surface area contributed by atoms with E-state index >= 15 is 0 Å². The molecule has 0 unspecified atom stereocenters. The van der Waals surface area contributed by atoms with E-state index in [1.165, 1.54) is 11.1 Å². The second kappa shape index (κ2) is 7.98. The zero-order chi connectivity index (χ0) is 19.5. The number of rotatable bonds is 6. The van der Waals surface area contributed by atoms with Crippen LogP contribution in [-0.4, -0.2) is 35.3 Å². The van der Waals surface area contributed by atoms with Crippen molar-refractivity contribution in [1.29, 1.82) is 0 Å². The molecule has 1 fully saturated rings. The monoisotopic (exact) mass is 374 g/mol. The molecule has 0 radical (unpaired) electrons. The molecule has 1 aromatic heterocycles. The van der Waals surface area contributed by atoms with Gasteiger partial charge >= 0.3 is 0 Å². The zero-order valence-corrected chi connectivity index (χ0v) is 16.4. The largest absolute Gasteiger partial charge is 0.352 e. The van der Waals surface area contributed by atoms with Gasteiger partial charge in [0.15, 0.2) is 0 Å². The van der Waals surface area contributed by atoms with Crippen LogP contribution in [0.1, 0.15) is 27.0 Å². The topological polar surface area (TPSA) is 59.0 Å². The molecule has 2 N–H and O–H groups in total. The maximum atomic E-state index is 12.9. The van der Waals surface area contributed by atoms with Crippen LogP contribution >= 0.6 is 0 Å². The molecule has 5 heteroatoms. The number of hydrogen-bond acceptors (Lipinski definition) is 3. The van der Waals surface area contributed by atoms with E-state index in [0.29, 0.717) is 24.6 Å². The lowest BCUT2D eigenvalue weighted by Gasteiger charge is -2.27. The molecule has 1 saturated heterocycles. The van der Waals surface area contributed by atoms with Gasteiger partial charge in [-0.05, 0) is 36.6 Å². The first-order valence-electron chi connectivity index (χ1n) is 9.78. The van der Waals surface area contributed by atoms with E-state index < -0.39 is 0 Å². The van der Waals surface area contributed by atoms with Gasteiger partial charge in [-0.25, -0.2) is 0 Å². The SMILES string of the molecule is Cc1ccc(-c2nn(Cc3ccccc3)cc2C(=O)NCC2CNC2)cc1C. The first-order valence-corrected chi connectivity index (χ1v) is 9.78. The highest BCUT2D eigenvalue weighted by Gasteiger charge is 2.21. The van der Waals surface area contributed by atoms with Gasteiger partial charge in [0.2, 0.25) is 0 Å². The highest BCUT2D eigenvalue weighted by molar-refractivity contribution is 5.99. The number of amides is 1. The lowest BCUT2D eigenvalue weighted by molar-refractivity contribution is 0.0942. The lowest BCUT2D eigenvalue weighted by atomic mass is 10.0. The lowest BCUT2D eigenvalue weighted by Crippen LogP contribution is -2.48. The van der Waals surface area contributed by atoms with Crippen molar-refractivity contribution >= 4 is 5.91 Å².